The maximum atomic E-state index is 5.45. The van der Waals surface area contributed by atoms with Crippen molar-refractivity contribution in [2.24, 2.45) is 0 Å². The van der Waals surface area contributed by atoms with E-state index in [0.29, 0.717) is 26.4 Å². The zero-order chi connectivity index (χ0) is 16.4. The van der Waals surface area contributed by atoms with Gasteiger partial charge in [-0.1, -0.05) is 0 Å². The number of thiophene rings is 1. The molecule has 0 atom stereocenters. The lowest BCUT2D eigenvalue weighted by Crippen LogP contribution is -2.40. The van der Waals surface area contributed by atoms with Gasteiger partial charge in [0.1, 0.15) is 0 Å². The number of aryl methyl sites for hydroxylation is 1. The summed E-state index contributed by atoms with van der Waals surface area (Å²) in [6.07, 6.45) is 0. The molecule has 0 saturated carbocycles. The molecule has 0 aliphatic carbocycles. The first-order chi connectivity index (χ1) is 11.8. The van der Waals surface area contributed by atoms with Crippen molar-refractivity contribution in [3.8, 4) is 11.4 Å². The molecule has 24 heavy (non-hydrogen) atoms. The van der Waals surface area contributed by atoms with Crippen molar-refractivity contribution in [3.63, 3.8) is 0 Å². The largest absolute Gasteiger partial charge is 0.378 e. The van der Waals surface area contributed by atoms with Gasteiger partial charge in [0, 0.05) is 37.1 Å². The van der Waals surface area contributed by atoms with Crippen LogP contribution in [-0.2, 0) is 9.47 Å². The lowest BCUT2D eigenvalue weighted by molar-refractivity contribution is 0.121. The lowest BCUT2D eigenvalue weighted by atomic mass is 10.2. The Kier molecular flexibility index (Phi) is 4.59. The Morgan fingerprint density at radius 2 is 1.38 bits per heavy atom. The van der Waals surface area contributed by atoms with E-state index in [4.69, 9.17) is 24.4 Å². The van der Waals surface area contributed by atoms with Crippen molar-refractivity contribution in [1.82, 2.24) is 15.0 Å². The summed E-state index contributed by atoms with van der Waals surface area (Å²) >= 11 is 1.68. The number of nitrogens with zero attached hydrogens (tertiary/aromatic N) is 5. The molecule has 7 nitrogen and oxygen atoms in total. The summed E-state index contributed by atoms with van der Waals surface area (Å²) in [5.74, 6) is 2.25. The third-order valence-corrected chi connectivity index (χ3v) is 5.16. The minimum absolute atomic E-state index is 0.714. The van der Waals surface area contributed by atoms with E-state index in [2.05, 4.69) is 27.5 Å². The number of morpholine rings is 2. The van der Waals surface area contributed by atoms with Gasteiger partial charge >= 0.3 is 0 Å². The summed E-state index contributed by atoms with van der Waals surface area (Å²) in [5.41, 5.74) is 2.29. The summed E-state index contributed by atoms with van der Waals surface area (Å²) in [7, 11) is 0. The molecule has 0 radical (unpaired) electrons. The predicted molar refractivity (Wildman–Crippen MR) is 93.9 cm³/mol. The van der Waals surface area contributed by atoms with Crippen molar-refractivity contribution >= 4 is 23.2 Å². The number of anilines is 2. The van der Waals surface area contributed by atoms with Crippen LogP contribution in [0.1, 0.15) is 5.56 Å². The van der Waals surface area contributed by atoms with Gasteiger partial charge in [0.25, 0.3) is 0 Å². The highest BCUT2D eigenvalue weighted by Crippen LogP contribution is 2.27. The quantitative estimate of drug-likeness (QED) is 0.835. The molecule has 0 amide bonds. The summed E-state index contributed by atoms with van der Waals surface area (Å²) in [5, 5.41) is 4.23. The second-order valence-corrected chi connectivity index (χ2v) is 6.67. The maximum Gasteiger partial charge on any atom is 0.230 e. The predicted octanol–water partition coefficient (Wildman–Crippen LogP) is 1.58. The Balaban J connectivity index is 1.73. The first kappa shape index (κ1) is 15.7. The molecule has 2 aromatic rings. The first-order valence-corrected chi connectivity index (χ1v) is 9.20. The number of ether oxygens (including phenoxy) is 2. The van der Waals surface area contributed by atoms with Gasteiger partial charge in [-0.25, -0.2) is 0 Å². The number of hydrogen-bond acceptors (Lipinski definition) is 8. The fourth-order valence-electron chi connectivity index (χ4n) is 2.87. The highest BCUT2D eigenvalue weighted by atomic mass is 32.1. The third kappa shape index (κ3) is 3.22. The zero-order valence-electron chi connectivity index (χ0n) is 13.8. The lowest BCUT2D eigenvalue weighted by Gasteiger charge is -2.30. The Hall–Kier alpha value is -1.77. The standard InChI is InChI=1S/C16H21N5O2S/c1-12-10-24-11-13(12)14-17-15(20-2-6-22-7-3-20)19-16(18-14)21-4-8-23-9-5-21/h10-11H,2-9H2,1H3. The van der Waals surface area contributed by atoms with Crippen LogP contribution in [0, 0.1) is 6.92 Å². The minimum Gasteiger partial charge on any atom is -0.378 e. The summed E-state index contributed by atoms with van der Waals surface area (Å²) < 4.78 is 10.9. The first-order valence-electron chi connectivity index (χ1n) is 8.26. The highest BCUT2D eigenvalue weighted by Gasteiger charge is 2.21. The molecule has 128 valence electrons. The Morgan fingerprint density at radius 1 is 0.833 bits per heavy atom. The number of rotatable bonds is 3. The molecule has 0 N–H and O–H groups in total. The van der Waals surface area contributed by atoms with Gasteiger partial charge < -0.3 is 19.3 Å². The normalized spacial score (nSPS) is 18.9. The van der Waals surface area contributed by atoms with Gasteiger partial charge in [-0.3, -0.25) is 0 Å². The van der Waals surface area contributed by atoms with Crippen LogP contribution >= 0.6 is 11.3 Å². The summed E-state index contributed by atoms with van der Waals surface area (Å²) in [6.45, 7) is 8.21. The molecule has 0 bridgehead atoms. The third-order valence-electron chi connectivity index (χ3n) is 4.30. The van der Waals surface area contributed by atoms with Gasteiger partial charge in [-0.2, -0.15) is 26.3 Å². The fraction of sp³-hybridized carbons (Fsp3) is 0.562. The molecule has 0 aromatic carbocycles. The molecule has 4 rings (SSSR count). The van der Waals surface area contributed by atoms with Crippen LogP contribution in [0.4, 0.5) is 11.9 Å². The van der Waals surface area contributed by atoms with Crippen LogP contribution in [0.15, 0.2) is 10.8 Å². The van der Waals surface area contributed by atoms with Crippen LogP contribution in [0.2, 0.25) is 0 Å². The molecule has 0 spiro atoms. The number of hydrogen-bond donors (Lipinski definition) is 0. The maximum absolute atomic E-state index is 5.45. The van der Waals surface area contributed by atoms with E-state index in [1.54, 1.807) is 11.3 Å². The smallest absolute Gasteiger partial charge is 0.230 e. The van der Waals surface area contributed by atoms with Gasteiger partial charge in [-0.15, -0.1) is 0 Å². The Labute approximate surface area is 145 Å². The minimum atomic E-state index is 0.714. The second kappa shape index (κ2) is 7.00. The van der Waals surface area contributed by atoms with E-state index in [1.807, 2.05) is 0 Å². The molecule has 2 fully saturated rings. The van der Waals surface area contributed by atoms with Crippen molar-refractivity contribution in [1.29, 1.82) is 0 Å². The molecule has 0 unspecified atom stereocenters. The van der Waals surface area contributed by atoms with Crippen LogP contribution in [0.25, 0.3) is 11.4 Å². The highest BCUT2D eigenvalue weighted by molar-refractivity contribution is 7.08. The van der Waals surface area contributed by atoms with Crippen molar-refractivity contribution in [2.45, 2.75) is 6.92 Å². The molecule has 2 saturated heterocycles. The van der Waals surface area contributed by atoms with E-state index in [0.717, 1.165) is 49.5 Å². The Bertz CT molecular complexity index is 659. The van der Waals surface area contributed by atoms with Crippen molar-refractivity contribution in [3.05, 3.63) is 16.3 Å². The van der Waals surface area contributed by atoms with E-state index in [-0.39, 0.29) is 0 Å². The van der Waals surface area contributed by atoms with E-state index in [1.165, 1.54) is 5.56 Å². The molecule has 2 aromatic heterocycles. The summed E-state index contributed by atoms with van der Waals surface area (Å²) in [4.78, 5) is 18.6. The van der Waals surface area contributed by atoms with Crippen LogP contribution in [0.5, 0.6) is 0 Å². The number of aromatic nitrogens is 3. The van der Waals surface area contributed by atoms with Gasteiger partial charge in [0.05, 0.1) is 26.4 Å². The average Bonchev–Trinajstić information content (AvgIpc) is 3.09. The molecule has 2 aliphatic rings. The molecule has 8 heteroatoms. The van der Waals surface area contributed by atoms with Crippen LogP contribution in [-0.4, -0.2) is 67.6 Å². The fourth-order valence-corrected chi connectivity index (χ4v) is 3.70. The van der Waals surface area contributed by atoms with E-state index < -0.39 is 0 Å². The molecule has 2 aliphatic heterocycles. The molecular weight excluding hydrogens is 326 g/mol. The van der Waals surface area contributed by atoms with E-state index >= 15 is 0 Å². The van der Waals surface area contributed by atoms with Gasteiger partial charge in [-0.05, 0) is 17.9 Å². The second-order valence-electron chi connectivity index (χ2n) is 5.93. The van der Waals surface area contributed by atoms with Crippen LogP contribution in [0.3, 0.4) is 0 Å². The monoisotopic (exact) mass is 347 g/mol. The van der Waals surface area contributed by atoms with Crippen LogP contribution < -0.4 is 9.80 Å². The molecule has 4 heterocycles. The average molecular weight is 347 g/mol. The van der Waals surface area contributed by atoms with Gasteiger partial charge in [0.2, 0.25) is 11.9 Å². The van der Waals surface area contributed by atoms with Gasteiger partial charge in [0.15, 0.2) is 5.82 Å². The van der Waals surface area contributed by atoms with Crippen molar-refractivity contribution in [2.75, 3.05) is 62.4 Å². The van der Waals surface area contributed by atoms with Crippen molar-refractivity contribution < 1.29 is 9.47 Å². The SMILES string of the molecule is Cc1cscc1-c1nc(N2CCOCC2)nc(N2CCOCC2)n1. The van der Waals surface area contributed by atoms with E-state index in [9.17, 15) is 0 Å². The summed E-state index contributed by atoms with van der Waals surface area (Å²) in [6, 6.07) is 0. The topological polar surface area (TPSA) is 63.6 Å². The molecular formula is C16H21N5O2S. The zero-order valence-corrected chi connectivity index (χ0v) is 14.6. The Morgan fingerprint density at radius 3 is 1.83 bits per heavy atom.